The summed E-state index contributed by atoms with van der Waals surface area (Å²) >= 11 is 0.889. The van der Waals surface area contributed by atoms with Crippen molar-refractivity contribution in [3.8, 4) is 11.3 Å². The highest BCUT2D eigenvalue weighted by molar-refractivity contribution is 8.03. The largest absolute Gasteiger partial charge is 0.478 e. The fourth-order valence-corrected chi connectivity index (χ4v) is 3.63. The lowest BCUT2D eigenvalue weighted by Crippen LogP contribution is -1.97. The van der Waals surface area contributed by atoms with E-state index < -0.39 is 11.9 Å². The number of aliphatic carboxylic acids is 1. The lowest BCUT2D eigenvalue weighted by molar-refractivity contribution is -0.131. The Hall–Kier alpha value is -3.78. The minimum atomic E-state index is -1.14. The quantitative estimate of drug-likeness (QED) is 0.318. The van der Waals surface area contributed by atoms with Crippen molar-refractivity contribution in [1.82, 2.24) is 4.98 Å². The summed E-state index contributed by atoms with van der Waals surface area (Å²) in [6.07, 6.45) is 1.40. The maximum Gasteiger partial charge on any atom is 0.342 e. The highest BCUT2D eigenvalue weighted by Crippen LogP contribution is 2.32. The Labute approximate surface area is 174 Å². The number of nitrogens with zero attached hydrogens (tertiary/aromatic N) is 1. The maximum atomic E-state index is 11.7. The Bertz CT molecular complexity index is 1270. The van der Waals surface area contributed by atoms with Crippen LogP contribution in [0, 0.1) is 6.92 Å². The van der Waals surface area contributed by atoms with E-state index in [1.165, 1.54) is 12.1 Å². The van der Waals surface area contributed by atoms with Crippen molar-refractivity contribution in [3.05, 3.63) is 76.4 Å². The second-order valence-corrected chi connectivity index (χ2v) is 7.39. The predicted molar refractivity (Wildman–Crippen MR) is 111 cm³/mol. The normalized spacial score (nSPS) is 11.7. The Morgan fingerprint density at radius 1 is 1.03 bits per heavy atom. The van der Waals surface area contributed by atoms with E-state index in [1.54, 1.807) is 43.3 Å². The number of para-hydroxylation sites is 2. The number of fused-ring (bicyclic) bond motifs is 1. The number of aromatic nitrogens is 1. The van der Waals surface area contributed by atoms with Crippen LogP contribution in [0.3, 0.4) is 0 Å². The second kappa shape index (κ2) is 7.92. The molecule has 2 heterocycles. The number of rotatable bonds is 6. The van der Waals surface area contributed by atoms with Crippen LogP contribution in [0.15, 0.2) is 73.6 Å². The first-order chi connectivity index (χ1) is 14.4. The summed E-state index contributed by atoms with van der Waals surface area (Å²) in [5.41, 5.74) is 2.86. The number of carbonyl (C=O) groups is 2. The molecule has 0 unspecified atom stereocenters. The summed E-state index contributed by atoms with van der Waals surface area (Å²) in [4.78, 5) is 27.1. The fraction of sp³-hybridized carbons (Fsp3) is 0.0455. The molecule has 0 spiro atoms. The lowest BCUT2D eigenvalue weighted by Gasteiger charge is -2.04. The molecule has 0 amide bonds. The molecule has 0 saturated carbocycles. The third-order valence-corrected chi connectivity index (χ3v) is 5.18. The number of carboxylic acids is 2. The van der Waals surface area contributed by atoms with Crippen LogP contribution < -0.4 is 0 Å². The van der Waals surface area contributed by atoms with Crippen LogP contribution in [0.2, 0.25) is 0 Å². The predicted octanol–water partition coefficient (Wildman–Crippen LogP) is 5.31. The number of hydrogen-bond donors (Lipinski definition) is 2. The molecule has 0 aliphatic carbocycles. The van der Waals surface area contributed by atoms with E-state index in [-0.39, 0.29) is 15.7 Å². The van der Waals surface area contributed by atoms with Gasteiger partial charge >= 0.3 is 11.9 Å². The van der Waals surface area contributed by atoms with Gasteiger partial charge in [-0.15, -0.1) is 0 Å². The number of furan rings is 1. The Balaban J connectivity index is 1.62. The zero-order chi connectivity index (χ0) is 21.3. The summed E-state index contributed by atoms with van der Waals surface area (Å²) in [6.45, 7) is 1.78. The molecule has 0 radical (unpaired) electrons. The molecule has 0 bridgehead atoms. The topological polar surface area (TPSA) is 114 Å². The number of aromatic carboxylic acids is 1. The molecule has 0 aliphatic rings. The minimum Gasteiger partial charge on any atom is -0.478 e. The van der Waals surface area contributed by atoms with Crippen molar-refractivity contribution in [1.29, 1.82) is 0 Å². The van der Waals surface area contributed by atoms with E-state index in [0.29, 0.717) is 22.6 Å². The molecule has 150 valence electrons. The molecule has 0 fully saturated rings. The number of carboxylic acid groups (broad SMARTS) is 2. The monoisotopic (exact) mass is 421 g/mol. The molecule has 0 atom stereocenters. The lowest BCUT2D eigenvalue weighted by atomic mass is 10.0. The number of oxazole rings is 1. The molecular formula is C22H15NO6S. The van der Waals surface area contributed by atoms with Gasteiger partial charge in [-0.3, -0.25) is 0 Å². The number of hydrogen-bond acceptors (Lipinski definition) is 6. The van der Waals surface area contributed by atoms with Gasteiger partial charge in [0.15, 0.2) is 5.58 Å². The fourth-order valence-electron chi connectivity index (χ4n) is 2.90. The Kier molecular flexibility index (Phi) is 5.16. The van der Waals surface area contributed by atoms with E-state index in [0.717, 1.165) is 22.9 Å². The second-order valence-electron chi connectivity index (χ2n) is 6.40. The molecule has 4 rings (SSSR count). The van der Waals surface area contributed by atoms with Crippen LogP contribution in [0.5, 0.6) is 0 Å². The van der Waals surface area contributed by atoms with Gasteiger partial charge in [-0.2, -0.15) is 0 Å². The van der Waals surface area contributed by atoms with Gasteiger partial charge in [0.05, 0.1) is 5.56 Å². The molecule has 8 heteroatoms. The van der Waals surface area contributed by atoms with Gasteiger partial charge in [0.2, 0.25) is 0 Å². The van der Waals surface area contributed by atoms with Gasteiger partial charge in [-0.1, -0.05) is 18.2 Å². The number of thioether (sulfide) groups is 1. The molecule has 30 heavy (non-hydrogen) atoms. The van der Waals surface area contributed by atoms with Crippen LogP contribution in [0.25, 0.3) is 28.5 Å². The molecule has 0 saturated heterocycles. The average Bonchev–Trinajstić information content (AvgIpc) is 3.33. The molecule has 2 aromatic carbocycles. The van der Waals surface area contributed by atoms with Crippen molar-refractivity contribution in [2.75, 3.05) is 0 Å². The van der Waals surface area contributed by atoms with Crippen molar-refractivity contribution >= 4 is 40.9 Å². The zero-order valence-corrected chi connectivity index (χ0v) is 16.5. The van der Waals surface area contributed by atoms with E-state index in [1.807, 2.05) is 12.1 Å². The van der Waals surface area contributed by atoms with Crippen LogP contribution in [-0.4, -0.2) is 27.1 Å². The number of aryl methyl sites for hydroxylation is 1. The van der Waals surface area contributed by atoms with Crippen molar-refractivity contribution in [2.24, 2.45) is 0 Å². The van der Waals surface area contributed by atoms with Crippen LogP contribution in [0.1, 0.15) is 21.7 Å². The van der Waals surface area contributed by atoms with E-state index in [9.17, 15) is 14.7 Å². The van der Waals surface area contributed by atoms with Gasteiger partial charge in [0.1, 0.15) is 21.9 Å². The molecule has 2 aromatic heterocycles. The van der Waals surface area contributed by atoms with Gasteiger partial charge in [-0.25, -0.2) is 14.6 Å². The Morgan fingerprint density at radius 2 is 1.83 bits per heavy atom. The summed E-state index contributed by atoms with van der Waals surface area (Å²) < 4.78 is 11.4. The van der Waals surface area contributed by atoms with Crippen molar-refractivity contribution in [3.63, 3.8) is 0 Å². The molecule has 4 aromatic rings. The highest BCUT2D eigenvalue weighted by atomic mass is 32.2. The number of benzene rings is 2. The average molecular weight is 421 g/mol. The van der Waals surface area contributed by atoms with Gasteiger partial charge in [-0.05, 0) is 60.6 Å². The first-order valence-corrected chi connectivity index (χ1v) is 9.65. The first-order valence-electron chi connectivity index (χ1n) is 8.83. The third-order valence-electron chi connectivity index (χ3n) is 4.32. The standard InChI is InChI=1S/C22H15NO6S/c1-12-10-13(20(24)25)6-8-15(12)17-9-7-14(28-17)11-19(21(26)27)30-22-23-16-4-2-3-5-18(16)29-22/h2-11H,1H3,(H,24,25)(H,26,27)/b19-11-. The Morgan fingerprint density at radius 3 is 2.53 bits per heavy atom. The minimum absolute atomic E-state index is 0.0135. The van der Waals surface area contributed by atoms with E-state index >= 15 is 0 Å². The summed E-state index contributed by atoms with van der Waals surface area (Å²) in [5, 5.41) is 18.9. The van der Waals surface area contributed by atoms with E-state index in [4.69, 9.17) is 13.9 Å². The zero-order valence-electron chi connectivity index (χ0n) is 15.7. The molecule has 7 nitrogen and oxygen atoms in total. The summed E-state index contributed by atoms with van der Waals surface area (Å²) in [5.74, 6) is -1.29. The van der Waals surface area contributed by atoms with Gasteiger partial charge in [0, 0.05) is 11.6 Å². The van der Waals surface area contributed by atoms with Gasteiger partial charge < -0.3 is 19.0 Å². The van der Waals surface area contributed by atoms with Crippen molar-refractivity contribution < 1.29 is 28.6 Å². The van der Waals surface area contributed by atoms with Crippen LogP contribution in [-0.2, 0) is 4.79 Å². The first kappa shape index (κ1) is 19.5. The molecular weight excluding hydrogens is 406 g/mol. The molecule has 0 aliphatic heterocycles. The summed E-state index contributed by atoms with van der Waals surface area (Å²) in [7, 11) is 0. The molecule has 2 N–H and O–H groups in total. The van der Waals surface area contributed by atoms with Crippen LogP contribution >= 0.6 is 11.8 Å². The maximum absolute atomic E-state index is 11.7. The third kappa shape index (κ3) is 3.99. The summed E-state index contributed by atoms with van der Waals surface area (Å²) in [6, 6.07) is 15.2. The van der Waals surface area contributed by atoms with E-state index in [2.05, 4.69) is 4.98 Å². The van der Waals surface area contributed by atoms with Crippen molar-refractivity contribution in [2.45, 2.75) is 12.1 Å². The highest BCUT2D eigenvalue weighted by Gasteiger charge is 2.16. The SMILES string of the molecule is Cc1cc(C(=O)O)ccc1-c1ccc(/C=C(\Sc2nc3ccccc3o2)C(=O)O)o1. The van der Waals surface area contributed by atoms with Crippen LogP contribution in [0.4, 0.5) is 0 Å². The van der Waals surface area contributed by atoms with Gasteiger partial charge in [0.25, 0.3) is 5.22 Å². The smallest absolute Gasteiger partial charge is 0.342 e.